The number of amides is 1. The van der Waals surface area contributed by atoms with Crippen LogP contribution in [-0.2, 0) is 4.79 Å². The molecule has 0 saturated carbocycles. The Hall–Kier alpha value is -2.38. The quantitative estimate of drug-likeness (QED) is 0.583. The molecule has 0 bridgehead atoms. The number of anilines is 2. The molecule has 2 aliphatic heterocycles. The van der Waals surface area contributed by atoms with E-state index >= 15 is 0 Å². The van der Waals surface area contributed by atoms with Crippen molar-refractivity contribution in [2.24, 2.45) is 11.8 Å². The Bertz CT molecular complexity index is 903. The third-order valence-electron chi connectivity index (χ3n) is 6.85. The molecule has 5 nitrogen and oxygen atoms in total. The average molecular weight is 486 g/mol. The van der Waals surface area contributed by atoms with E-state index in [-0.39, 0.29) is 26.4 Å². The Balaban J connectivity index is 0.000000629. The molecular weight excluding hydrogens is 438 g/mol. The van der Waals surface area contributed by atoms with E-state index in [0.29, 0.717) is 0 Å². The average Bonchev–Trinajstić information content (AvgIpc) is 2.80. The fourth-order valence-corrected chi connectivity index (χ4v) is 4.79. The van der Waals surface area contributed by atoms with Crippen molar-refractivity contribution in [2.45, 2.75) is 39.5 Å². The van der Waals surface area contributed by atoms with Gasteiger partial charge in [-0.05, 0) is 95.9 Å². The first kappa shape index (κ1) is 30.7. The second-order valence-corrected chi connectivity index (χ2v) is 9.87. The molecule has 3 radical (unpaired) electrons. The Labute approximate surface area is 215 Å². The standard InChI is InChI=1S/C14H20N2O.C14H22N2.B.FH.H2/c1-11-6-3-4-8-13(11)15-14(17)12-7-5-9-16(2)10-12;1-12-6-3-4-8-14(12)15-10-13-7-5-9-16(2)11-13;;;/h3-4,6,8,12H,5,7,9-10H2,1-2H3,(H,15,17);3-4,6,8,13,15H,5,7,9-11H2,1-2H3;;2*1H/i;;;;1+2. The van der Waals surface area contributed by atoms with Gasteiger partial charge >= 0.3 is 0 Å². The number of nitrogens with zero attached hydrogens (tertiary/aromatic N) is 2. The molecule has 2 heterocycles. The lowest BCUT2D eigenvalue weighted by molar-refractivity contribution is -0.121. The van der Waals surface area contributed by atoms with Gasteiger partial charge in [-0.15, -0.1) is 0 Å². The number of aryl methyl sites for hydroxylation is 2. The molecule has 2 N–H and O–H groups in total. The first-order valence-corrected chi connectivity index (χ1v) is 12.5. The summed E-state index contributed by atoms with van der Waals surface area (Å²) in [5, 5.41) is 6.61. The molecule has 2 atom stereocenters. The van der Waals surface area contributed by atoms with Crippen molar-refractivity contribution in [3.8, 4) is 0 Å². The zero-order valence-corrected chi connectivity index (χ0v) is 21.9. The molecule has 193 valence electrons. The topological polar surface area (TPSA) is 47.6 Å². The highest BCUT2D eigenvalue weighted by molar-refractivity contribution is 5.93. The Morgan fingerprint density at radius 3 is 2.00 bits per heavy atom. The van der Waals surface area contributed by atoms with Crippen LogP contribution in [0.2, 0.25) is 0 Å². The number of piperidine rings is 2. The summed E-state index contributed by atoms with van der Waals surface area (Å²) in [6.45, 7) is 9.76. The molecule has 35 heavy (non-hydrogen) atoms. The number of likely N-dealkylation sites (tertiary alicyclic amines) is 2. The highest BCUT2D eigenvalue weighted by Crippen LogP contribution is 2.20. The molecule has 7 heteroatoms. The molecule has 2 saturated heterocycles. The largest absolute Gasteiger partial charge is 0.385 e. The van der Waals surface area contributed by atoms with Gasteiger partial charge in [0.2, 0.25) is 5.91 Å². The number of hydrogen-bond acceptors (Lipinski definition) is 4. The first-order chi connectivity index (χ1) is 15.9. The molecule has 0 aromatic heterocycles. The van der Waals surface area contributed by atoms with Crippen LogP contribution in [0.25, 0.3) is 0 Å². The van der Waals surface area contributed by atoms with Gasteiger partial charge in [-0.2, -0.15) is 0 Å². The molecule has 1 amide bonds. The third-order valence-corrected chi connectivity index (χ3v) is 6.85. The van der Waals surface area contributed by atoms with Crippen molar-refractivity contribution in [3.05, 3.63) is 59.7 Å². The predicted molar refractivity (Wildman–Crippen MR) is 150 cm³/mol. The summed E-state index contributed by atoms with van der Waals surface area (Å²) < 4.78 is 0. The van der Waals surface area contributed by atoms with Crippen LogP contribution in [0.5, 0.6) is 0 Å². The Morgan fingerprint density at radius 1 is 0.886 bits per heavy atom. The second-order valence-electron chi connectivity index (χ2n) is 9.87. The summed E-state index contributed by atoms with van der Waals surface area (Å²) in [7, 11) is 4.30. The maximum atomic E-state index is 12.1. The van der Waals surface area contributed by atoms with E-state index < -0.39 is 0 Å². The lowest BCUT2D eigenvalue weighted by Gasteiger charge is -2.30. The van der Waals surface area contributed by atoms with Crippen molar-refractivity contribution in [2.75, 3.05) is 57.5 Å². The smallest absolute Gasteiger partial charge is 0.228 e. The van der Waals surface area contributed by atoms with Crippen LogP contribution in [-0.4, -0.2) is 70.9 Å². The van der Waals surface area contributed by atoms with E-state index in [9.17, 15) is 4.79 Å². The number of carbonyl (C=O) groups is 1. The van der Waals surface area contributed by atoms with Crippen LogP contribution in [0.3, 0.4) is 0 Å². The minimum Gasteiger partial charge on any atom is -0.385 e. The predicted octanol–water partition coefficient (Wildman–Crippen LogP) is 5.04. The monoisotopic (exact) mass is 485 g/mol. The maximum Gasteiger partial charge on any atom is 0.228 e. The van der Waals surface area contributed by atoms with Crippen LogP contribution in [0.15, 0.2) is 48.5 Å². The molecule has 2 aliphatic rings. The van der Waals surface area contributed by atoms with Gasteiger partial charge in [0.15, 0.2) is 0 Å². The normalized spacial score (nSPS) is 20.3. The van der Waals surface area contributed by atoms with Gasteiger partial charge in [-0.3, -0.25) is 9.50 Å². The number of nitrogens with one attached hydrogen (secondary N) is 2. The second kappa shape index (κ2) is 15.6. The molecule has 0 spiro atoms. The van der Waals surface area contributed by atoms with Crippen LogP contribution < -0.4 is 10.6 Å². The van der Waals surface area contributed by atoms with Gasteiger partial charge in [0.05, 0.1) is 5.92 Å². The number of hydrogen-bond donors (Lipinski definition) is 2. The zero-order valence-electron chi connectivity index (χ0n) is 21.9. The lowest BCUT2D eigenvalue weighted by atomic mass is 9.97. The highest BCUT2D eigenvalue weighted by Gasteiger charge is 2.24. The number of rotatable bonds is 5. The van der Waals surface area contributed by atoms with Crippen molar-refractivity contribution >= 4 is 25.7 Å². The first-order valence-electron chi connectivity index (χ1n) is 12.5. The van der Waals surface area contributed by atoms with E-state index in [0.717, 1.165) is 49.6 Å². The molecular formula is C28H45BFN4O. The van der Waals surface area contributed by atoms with E-state index in [1.165, 1.54) is 37.2 Å². The molecule has 2 aromatic rings. The SMILES string of the molecule is Cc1ccccc1NC(=O)C1CCCN(C)C1.Cc1ccccc1NCC1CCCN(C)C1.F.[3HH].[B]. The zero-order chi connectivity index (χ0) is 23.6. The van der Waals surface area contributed by atoms with E-state index in [1.807, 2.05) is 31.2 Å². The molecule has 2 aromatic carbocycles. The number of benzene rings is 2. The summed E-state index contributed by atoms with van der Waals surface area (Å²) in [4.78, 5) is 16.8. The molecule has 0 aliphatic carbocycles. The summed E-state index contributed by atoms with van der Waals surface area (Å²) in [6.07, 6.45) is 4.82. The Morgan fingerprint density at radius 2 is 1.43 bits per heavy atom. The lowest BCUT2D eigenvalue weighted by Crippen LogP contribution is -2.38. The summed E-state index contributed by atoms with van der Waals surface area (Å²) in [5.74, 6) is 1.09. The molecule has 4 rings (SSSR count). The minimum atomic E-state index is 0. The summed E-state index contributed by atoms with van der Waals surface area (Å²) >= 11 is 0. The van der Waals surface area contributed by atoms with Crippen LogP contribution in [0.1, 0.15) is 38.2 Å². The summed E-state index contributed by atoms with van der Waals surface area (Å²) in [5.41, 5.74) is 4.68. The van der Waals surface area contributed by atoms with Crippen molar-refractivity contribution in [3.63, 3.8) is 0 Å². The van der Waals surface area contributed by atoms with Crippen molar-refractivity contribution < 1.29 is 10.9 Å². The van der Waals surface area contributed by atoms with Crippen molar-refractivity contribution in [1.82, 2.24) is 9.80 Å². The Kier molecular flexibility index (Phi) is 13.7. The number of para-hydroxylation sites is 2. The fraction of sp³-hybridized carbons (Fsp3) is 0.536. The third kappa shape index (κ3) is 10.0. The molecule has 2 fully saturated rings. The van der Waals surface area contributed by atoms with Gasteiger partial charge in [0.1, 0.15) is 0 Å². The van der Waals surface area contributed by atoms with Crippen LogP contribution in [0.4, 0.5) is 16.1 Å². The summed E-state index contributed by atoms with van der Waals surface area (Å²) in [6, 6.07) is 16.4. The highest BCUT2D eigenvalue weighted by atomic mass is 19.0. The molecule has 2 unspecified atom stereocenters. The van der Waals surface area contributed by atoms with Gasteiger partial charge in [0, 0.05) is 40.8 Å². The maximum absolute atomic E-state index is 12.1. The minimum absolute atomic E-state index is 0. The van der Waals surface area contributed by atoms with Gasteiger partial charge < -0.3 is 20.4 Å². The van der Waals surface area contributed by atoms with Crippen molar-refractivity contribution in [1.29, 1.82) is 0 Å². The van der Waals surface area contributed by atoms with Crippen LogP contribution in [0, 0.1) is 25.7 Å². The van der Waals surface area contributed by atoms with Gasteiger partial charge in [0.25, 0.3) is 0 Å². The fourth-order valence-electron chi connectivity index (χ4n) is 4.79. The van der Waals surface area contributed by atoms with E-state index in [2.05, 4.69) is 65.7 Å². The number of halogens is 1. The van der Waals surface area contributed by atoms with E-state index in [4.69, 9.17) is 0 Å². The van der Waals surface area contributed by atoms with Gasteiger partial charge in [-0.1, -0.05) is 36.4 Å². The van der Waals surface area contributed by atoms with Crippen LogP contribution >= 0.6 is 0 Å². The van der Waals surface area contributed by atoms with Gasteiger partial charge in [-0.25, -0.2) is 0 Å². The van der Waals surface area contributed by atoms with E-state index in [1.54, 1.807) is 0 Å². The number of carbonyl (C=O) groups excluding carboxylic acids is 1.